The first-order valence-electron chi connectivity index (χ1n) is 4.80. The summed E-state index contributed by atoms with van der Waals surface area (Å²) in [7, 11) is 0. The highest BCUT2D eigenvalue weighted by Crippen LogP contribution is 2.12. The lowest BCUT2D eigenvalue weighted by Crippen LogP contribution is -2.24. The third-order valence-electron chi connectivity index (χ3n) is 2.28. The average Bonchev–Trinajstić information content (AvgIpc) is 2.30. The molecule has 5 heteroatoms. The molecule has 1 N–H and O–H groups in total. The van der Waals surface area contributed by atoms with Gasteiger partial charge in [-0.05, 0) is 36.4 Å². The molecule has 1 aromatic carbocycles. The van der Waals surface area contributed by atoms with Gasteiger partial charge in [0.1, 0.15) is 5.56 Å². The summed E-state index contributed by atoms with van der Waals surface area (Å²) in [5, 5.41) is 8.86. The topological polar surface area (TPSA) is 59.3 Å². The maximum atomic E-state index is 11.9. The van der Waals surface area contributed by atoms with Crippen LogP contribution in [0.25, 0.3) is 5.69 Å². The first-order valence-corrected chi connectivity index (χ1v) is 5.60. The van der Waals surface area contributed by atoms with Crippen LogP contribution in [0.5, 0.6) is 0 Å². The Kier molecular flexibility index (Phi) is 3.10. The zero-order valence-electron chi connectivity index (χ0n) is 8.63. The van der Waals surface area contributed by atoms with Crippen LogP contribution in [0.4, 0.5) is 0 Å². The number of benzene rings is 1. The number of aromatic nitrogens is 1. The lowest BCUT2D eigenvalue weighted by Gasteiger charge is -2.06. The highest BCUT2D eigenvalue weighted by molar-refractivity contribution is 9.10. The van der Waals surface area contributed by atoms with Crippen LogP contribution in [0.2, 0.25) is 0 Å². The first-order chi connectivity index (χ1) is 8.09. The van der Waals surface area contributed by atoms with E-state index < -0.39 is 11.5 Å². The molecule has 0 spiro atoms. The number of carboxylic acids is 1. The minimum atomic E-state index is -1.22. The fourth-order valence-corrected chi connectivity index (χ4v) is 1.73. The first kappa shape index (κ1) is 11.6. The van der Waals surface area contributed by atoms with Crippen molar-refractivity contribution in [1.29, 1.82) is 0 Å². The van der Waals surface area contributed by atoms with E-state index in [2.05, 4.69) is 15.9 Å². The normalized spacial score (nSPS) is 10.2. The van der Waals surface area contributed by atoms with Crippen molar-refractivity contribution in [2.75, 3.05) is 0 Å². The van der Waals surface area contributed by atoms with Crippen molar-refractivity contribution in [2.24, 2.45) is 0 Å². The van der Waals surface area contributed by atoms with Gasteiger partial charge >= 0.3 is 5.97 Å². The van der Waals surface area contributed by atoms with Crippen LogP contribution in [0.3, 0.4) is 0 Å². The van der Waals surface area contributed by atoms with Gasteiger partial charge < -0.3 is 5.11 Å². The van der Waals surface area contributed by atoms with Crippen LogP contribution >= 0.6 is 15.9 Å². The maximum absolute atomic E-state index is 11.9. The van der Waals surface area contributed by atoms with Gasteiger partial charge in [0.05, 0.1) is 0 Å². The summed E-state index contributed by atoms with van der Waals surface area (Å²) in [5.41, 5.74) is -0.154. The molecular weight excluding hydrogens is 286 g/mol. The SMILES string of the molecule is O=C(O)c1cccn(-c2ccc(Br)cc2)c1=O. The predicted octanol–water partition coefficient (Wildman–Crippen LogP) is 2.30. The van der Waals surface area contributed by atoms with Crippen LogP contribution in [0.15, 0.2) is 51.9 Å². The molecule has 0 saturated carbocycles. The second-order valence-corrected chi connectivity index (χ2v) is 4.29. The quantitative estimate of drug-likeness (QED) is 0.924. The van der Waals surface area contributed by atoms with E-state index in [1.165, 1.54) is 22.9 Å². The molecule has 4 nitrogen and oxygen atoms in total. The summed E-state index contributed by atoms with van der Waals surface area (Å²) in [6.07, 6.45) is 1.54. The fraction of sp³-hybridized carbons (Fsp3) is 0. The second-order valence-electron chi connectivity index (χ2n) is 3.38. The van der Waals surface area contributed by atoms with Crippen molar-refractivity contribution in [3.8, 4) is 5.69 Å². The van der Waals surface area contributed by atoms with Gasteiger partial charge in [-0.15, -0.1) is 0 Å². The van der Waals surface area contributed by atoms with Crippen molar-refractivity contribution in [2.45, 2.75) is 0 Å². The monoisotopic (exact) mass is 293 g/mol. The van der Waals surface area contributed by atoms with Crippen LogP contribution in [-0.2, 0) is 0 Å². The van der Waals surface area contributed by atoms with Gasteiger partial charge in [-0.1, -0.05) is 15.9 Å². The number of pyridine rings is 1. The van der Waals surface area contributed by atoms with Crippen LogP contribution < -0.4 is 5.56 Å². The molecule has 0 aliphatic rings. The summed E-state index contributed by atoms with van der Waals surface area (Å²) in [5.74, 6) is -1.22. The Morgan fingerprint density at radius 2 is 1.82 bits per heavy atom. The minimum Gasteiger partial charge on any atom is -0.477 e. The van der Waals surface area contributed by atoms with Gasteiger partial charge in [0.15, 0.2) is 0 Å². The van der Waals surface area contributed by atoms with E-state index in [1.54, 1.807) is 24.3 Å². The molecule has 0 amide bonds. The van der Waals surface area contributed by atoms with E-state index >= 15 is 0 Å². The van der Waals surface area contributed by atoms with E-state index in [0.29, 0.717) is 5.69 Å². The number of nitrogens with zero attached hydrogens (tertiary/aromatic N) is 1. The molecule has 86 valence electrons. The summed E-state index contributed by atoms with van der Waals surface area (Å²) < 4.78 is 2.19. The number of carbonyl (C=O) groups is 1. The standard InChI is InChI=1S/C12H8BrNO3/c13-8-3-5-9(6-4-8)14-7-1-2-10(11(14)15)12(16)17/h1-7H,(H,16,17). The molecule has 2 rings (SSSR count). The number of carboxylic acid groups (broad SMARTS) is 1. The molecule has 0 aliphatic heterocycles. The van der Waals surface area contributed by atoms with Crippen molar-refractivity contribution in [3.63, 3.8) is 0 Å². The fourth-order valence-electron chi connectivity index (χ4n) is 1.46. The second kappa shape index (κ2) is 4.55. The van der Waals surface area contributed by atoms with E-state index in [0.717, 1.165) is 4.47 Å². The molecule has 0 aliphatic carbocycles. The van der Waals surface area contributed by atoms with Crippen LogP contribution in [0, 0.1) is 0 Å². The Balaban J connectivity index is 2.61. The number of rotatable bonds is 2. The molecule has 0 saturated heterocycles. The average molecular weight is 294 g/mol. The van der Waals surface area contributed by atoms with E-state index in [4.69, 9.17) is 5.11 Å². The minimum absolute atomic E-state index is 0.240. The van der Waals surface area contributed by atoms with Crippen LogP contribution in [0.1, 0.15) is 10.4 Å². The molecule has 2 aromatic rings. The van der Waals surface area contributed by atoms with Gasteiger partial charge in [0.25, 0.3) is 5.56 Å². The van der Waals surface area contributed by atoms with Gasteiger partial charge in [-0.2, -0.15) is 0 Å². The smallest absolute Gasteiger partial charge is 0.341 e. The Bertz CT molecular complexity index is 616. The van der Waals surface area contributed by atoms with Crippen molar-refractivity contribution < 1.29 is 9.90 Å². The summed E-state index contributed by atoms with van der Waals surface area (Å²) in [6, 6.07) is 9.87. The molecule has 1 heterocycles. The summed E-state index contributed by atoms with van der Waals surface area (Å²) in [6.45, 7) is 0. The summed E-state index contributed by atoms with van der Waals surface area (Å²) in [4.78, 5) is 22.7. The zero-order valence-corrected chi connectivity index (χ0v) is 10.2. The van der Waals surface area contributed by atoms with Gasteiger partial charge in [-0.3, -0.25) is 9.36 Å². The largest absolute Gasteiger partial charge is 0.477 e. The van der Waals surface area contributed by atoms with Crippen molar-refractivity contribution in [1.82, 2.24) is 4.57 Å². The molecule has 17 heavy (non-hydrogen) atoms. The lowest BCUT2D eigenvalue weighted by molar-refractivity contribution is 0.0694. The Morgan fingerprint density at radius 1 is 1.18 bits per heavy atom. The predicted molar refractivity (Wildman–Crippen MR) is 66.7 cm³/mol. The molecular formula is C12H8BrNO3. The third-order valence-corrected chi connectivity index (χ3v) is 2.81. The van der Waals surface area contributed by atoms with Crippen molar-refractivity contribution >= 4 is 21.9 Å². The molecule has 0 radical (unpaired) electrons. The van der Waals surface area contributed by atoms with E-state index in [-0.39, 0.29) is 5.56 Å². The van der Waals surface area contributed by atoms with Crippen molar-refractivity contribution in [3.05, 3.63) is 63.0 Å². The lowest BCUT2D eigenvalue weighted by atomic mass is 10.2. The van der Waals surface area contributed by atoms with Gasteiger partial charge in [0, 0.05) is 16.4 Å². The highest BCUT2D eigenvalue weighted by atomic mass is 79.9. The molecule has 0 bridgehead atoms. The van der Waals surface area contributed by atoms with Crippen LogP contribution in [-0.4, -0.2) is 15.6 Å². The summed E-state index contributed by atoms with van der Waals surface area (Å²) >= 11 is 3.29. The molecule has 0 atom stereocenters. The maximum Gasteiger partial charge on any atom is 0.341 e. The van der Waals surface area contributed by atoms with Gasteiger partial charge in [-0.25, -0.2) is 4.79 Å². The van der Waals surface area contributed by atoms with Gasteiger partial charge in [0.2, 0.25) is 0 Å². The Morgan fingerprint density at radius 3 is 2.41 bits per heavy atom. The molecule has 1 aromatic heterocycles. The Hall–Kier alpha value is -1.88. The molecule has 0 fully saturated rings. The van der Waals surface area contributed by atoms with E-state index in [1.807, 2.05) is 0 Å². The highest BCUT2D eigenvalue weighted by Gasteiger charge is 2.10. The molecule has 0 unspecified atom stereocenters. The third kappa shape index (κ3) is 2.29. The number of hydrogen-bond acceptors (Lipinski definition) is 2. The van der Waals surface area contributed by atoms with E-state index in [9.17, 15) is 9.59 Å². The Labute approximate surface area is 105 Å². The number of aromatic carboxylic acids is 1. The number of hydrogen-bond donors (Lipinski definition) is 1. The number of halogens is 1. The zero-order chi connectivity index (χ0) is 12.4.